The molecular weight excluding hydrogens is 358 g/mol. The van der Waals surface area contributed by atoms with Crippen molar-refractivity contribution in [1.29, 1.82) is 0 Å². The summed E-state index contributed by atoms with van der Waals surface area (Å²) in [4.78, 5) is 11.6. The number of esters is 1. The summed E-state index contributed by atoms with van der Waals surface area (Å²) in [6, 6.07) is 2.41. The lowest BCUT2D eigenvalue weighted by atomic mass is 10.2. The quantitative estimate of drug-likeness (QED) is 0.638. The van der Waals surface area contributed by atoms with E-state index in [0.717, 1.165) is 18.9 Å². The predicted molar refractivity (Wildman–Crippen MR) is 75.7 cm³/mol. The Morgan fingerprint density at radius 2 is 2.11 bits per heavy atom. The summed E-state index contributed by atoms with van der Waals surface area (Å²) in [6.07, 6.45) is 1.60. The van der Waals surface area contributed by atoms with Crippen molar-refractivity contribution in [1.82, 2.24) is 0 Å². The van der Waals surface area contributed by atoms with Crippen molar-refractivity contribution in [3.8, 4) is 0 Å². The van der Waals surface area contributed by atoms with Gasteiger partial charge in [-0.1, -0.05) is 24.9 Å². The molecule has 0 bridgehead atoms. The molecule has 0 atom stereocenters. The van der Waals surface area contributed by atoms with Crippen LogP contribution in [-0.4, -0.2) is 21.0 Å². The third-order valence-electron chi connectivity index (χ3n) is 2.28. The molecule has 19 heavy (non-hydrogen) atoms. The lowest BCUT2D eigenvalue weighted by Crippen LogP contribution is -2.15. The first-order valence-corrected chi connectivity index (χ1v) is 8.18. The predicted octanol–water partition coefficient (Wildman–Crippen LogP) is 2.71. The summed E-state index contributed by atoms with van der Waals surface area (Å²) in [5.41, 5.74) is -0.0232. The third kappa shape index (κ3) is 4.45. The molecule has 1 aromatic carbocycles. The van der Waals surface area contributed by atoms with E-state index in [1.807, 2.05) is 6.92 Å². The maximum absolute atomic E-state index is 11.8. The van der Waals surface area contributed by atoms with E-state index in [1.54, 1.807) is 0 Å². The largest absolute Gasteiger partial charge is 0.462 e. The van der Waals surface area contributed by atoms with E-state index in [-0.39, 0.29) is 26.6 Å². The first kappa shape index (κ1) is 16.4. The van der Waals surface area contributed by atoms with Gasteiger partial charge in [0.05, 0.1) is 22.1 Å². The van der Waals surface area contributed by atoms with E-state index >= 15 is 0 Å². The molecule has 0 aliphatic rings. The monoisotopic (exact) mass is 369 g/mol. The van der Waals surface area contributed by atoms with E-state index in [0.29, 0.717) is 0 Å². The van der Waals surface area contributed by atoms with Crippen LogP contribution < -0.4 is 5.14 Å². The van der Waals surface area contributed by atoms with Gasteiger partial charge in [-0.05, 0) is 34.5 Å². The molecule has 1 rings (SSSR count). The first-order valence-electron chi connectivity index (χ1n) is 5.46. The van der Waals surface area contributed by atoms with E-state index in [1.165, 1.54) is 6.07 Å². The molecule has 0 saturated heterocycles. The Morgan fingerprint density at radius 1 is 1.47 bits per heavy atom. The fourth-order valence-corrected chi connectivity index (χ4v) is 3.30. The Bertz CT molecular complexity index is 589. The van der Waals surface area contributed by atoms with E-state index < -0.39 is 16.0 Å². The summed E-state index contributed by atoms with van der Waals surface area (Å²) < 4.78 is 27.9. The van der Waals surface area contributed by atoms with Crippen molar-refractivity contribution in [3.05, 3.63) is 27.2 Å². The summed E-state index contributed by atoms with van der Waals surface area (Å²) in [7, 11) is -3.94. The molecule has 0 aromatic heterocycles. The molecular formula is C11H13BrClNO4S. The Kier molecular flexibility index (Phi) is 5.79. The van der Waals surface area contributed by atoms with Crippen LogP contribution in [0, 0.1) is 0 Å². The Morgan fingerprint density at radius 3 is 2.63 bits per heavy atom. The molecule has 0 aliphatic carbocycles. The maximum Gasteiger partial charge on any atom is 0.339 e. The zero-order chi connectivity index (χ0) is 14.6. The number of rotatable bonds is 5. The molecule has 0 heterocycles. The van der Waals surface area contributed by atoms with Crippen LogP contribution in [0.25, 0.3) is 0 Å². The van der Waals surface area contributed by atoms with E-state index in [9.17, 15) is 13.2 Å². The number of benzene rings is 1. The number of hydrogen-bond acceptors (Lipinski definition) is 4. The van der Waals surface area contributed by atoms with Gasteiger partial charge in [-0.2, -0.15) is 0 Å². The standard InChI is InChI=1S/C11H13BrClNO4S/c1-2-3-4-18-11(15)7-5-10(19(14,16)17)8(12)6-9(7)13/h5-6H,2-4H2,1H3,(H2,14,16,17). The highest BCUT2D eigenvalue weighted by Gasteiger charge is 2.20. The lowest BCUT2D eigenvalue weighted by molar-refractivity contribution is 0.0499. The number of sulfonamides is 1. The first-order chi connectivity index (χ1) is 8.77. The highest BCUT2D eigenvalue weighted by Crippen LogP contribution is 2.28. The smallest absolute Gasteiger partial charge is 0.339 e. The Hall–Kier alpha value is -0.630. The van der Waals surface area contributed by atoms with Gasteiger partial charge in [0.1, 0.15) is 0 Å². The summed E-state index contributed by atoms with van der Waals surface area (Å²) in [5, 5.41) is 5.14. The van der Waals surface area contributed by atoms with Crippen molar-refractivity contribution in [2.45, 2.75) is 24.7 Å². The minimum absolute atomic E-state index is 0.0232. The topological polar surface area (TPSA) is 86.5 Å². The second kappa shape index (κ2) is 6.69. The van der Waals surface area contributed by atoms with Crippen LogP contribution in [0.1, 0.15) is 30.1 Å². The molecule has 106 valence electrons. The highest BCUT2D eigenvalue weighted by atomic mass is 79.9. The number of primary sulfonamides is 1. The summed E-state index contributed by atoms with van der Waals surface area (Å²) in [5.74, 6) is -0.671. The minimum Gasteiger partial charge on any atom is -0.462 e. The Balaban J connectivity index is 3.11. The van der Waals surface area contributed by atoms with Crippen molar-refractivity contribution in [2.75, 3.05) is 6.61 Å². The van der Waals surface area contributed by atoms with E-state index in [2.05, 4.69) is 15.9 Å². The molecule has 0 fully saturated rings. The summed E-state index contributed by atoms with van der Waals surface area (Å²) in [6.45, 7) is 2.21. The fourth-order valence-electron chi connectivity index (χ4n) is 1.29. The highest BCUT2D eigenvalue weighted by molar-refractivity contribution is 9.10. The Labute approximate surface area is 125 Å². The number of carbonyl (C=O) groups excluding carboxylic acids is 1. The fraction of sp³-hybridized carbons (Fsp3) is 0.364. The molecule has 0 aliphatic heterocycles. The molecule has 5 nitrogen and oxygen atoms in total. The number of nitrogens with two attached hydrogens (primary N) is 1. The molecule has 1 aromatic rings. The third-order valence-corrected chi connectivity index (χ3v) is 4.46. The van der Waals surface area contributed by atoms with Gasteiger partial charge in [0.25, 0.3) is 0 Å². The van der Waals surface area contributed by atoms with Crippen LogP contribution in [-0.2, 0) is 14.8 Å². The average molecular weight is 371 g/mol. The van der Waals surface area contributed by atoms with Gasteiger partial charge in [0, 0.05) is 4.47 Å². The maximum atomic E-state index is 11.8. The number of hydrogen-bond donors (Lipinski definition) is 1. The van der Waals surface area contributed by atoms with Crippen LogP contribution in [0.2, 0.25) is 5.02 Å². The molecule has 0 radical (unpaired) electrons. The van der Waals surface area contributed by atoms with Gasteiger partial charge in [-0.3, -0.25) is 0 Å². The normalized spacial score (nSPS) is 11.4. The lowest BCUT2D eigenvalue weighted by Gasteiger charge is -2.09. The molecule has 0 saturated carbocycles. The van der Waals surface area contributed by atoms with E-state index in [4.69, 9.17) is 21.5 Å². The summed E-state index contributed by atoms with van der Waals surface area (Å²) >= 11 is 8.93. The average Bonchev–Trinajstić information content (AvgIpc) is 2.27. The van der Waals surface area contributed by atoms with Crippen molar-refractivity contribution >= 4 is 43.5 Å². The number of ether oxygens (including phenoxy) is 1. The zero-order valence-corrected chi connectivity index (χ0v) is 13.3. The molecule has 0 unspecified atom stereocenters. The van der Waals surface area contributed by atoms with Gasteiger partial charge in [-0.15, -0.1) is 0 Å². The molecule has 8 heteroatoms. The number of unbranched alkanes of at least 4 members (excludes halogenated alkanes) is 1. The van der Waals surface area contributed by atoms with Crippen LogP contribution in [0.4, 0.5) is 0 Å². The number of halogens is 2. The van der Waals surface area contributed by atoms with Gasteiger partial charge in [-0.25, -0.2) is 18.4 Å². The van der Waals surface area contributed by atoms with Gasteiger partial charge < -0.3 is 4.74 Å². The van der Waals surface area contributed by atoms with Crippen LogP contribution in [0.15, 0.2) is 21.5 Å². The van der Waals surface area contributed by atoms with Crippen LogP contribution in [0.5, 0.6) is 0 Å². The molecule has 0 amide bonds. The molecule has 2 N–H and O–H groups in total. The molecule has 0 spiro atoms. The van der Waals surface area contributed by atoms with Crippen molar-refractivity contribution < 1.29 is 17.9 Å². The second-order valence-electron chi connectivity index (χ2n) is 3.80. The van der Waals surface area contributed by atoms with Crippen molar-refractivity contribution in [3.63, 3.8) is 0 Å². The SMILES string of the molecule is CCCCOC(=O)c1cc(S(N)(=O)=O)c(Br)cc1Cl. The van der Waals surface area contributed by atoms with Gasteiger partial charge in [0.15, 0.2) is 0 Å². The number of carbonyl (C=O) groups is 1. The minimum atomic E-state index is -3.94. The van der Waals surface area contributed by atoms with Crippen molar-refractivity contribution in [2.24, 2.45) is 5.14 Å². The van der Waals surface area contributed by atoms with Crippen LogP contribution >= 0.6 is 27.5 Å². The second-order valence-corrected chi connectivity index (χ2v) is 6.59. The zero-order valence-electron chi connectivity index (χ0n) is 10.2. The van der Waals surface area contributed by atoms with Gasteiger partial charge >= 0.3 is 5.97 Å². The van der Waals surface area contributed by atoms with Gasteiger partial charge in [0.2, 0.25) is 10.0 Å². The van der Waals surface area contributed by atoms with Crippen LogP contribution in [0.3, 0.4) is 0 Å².